The summed E-state index contributed by atoms with van der Waals surface area (Å²) in [6, 6.07) is 3.05. The molecule has 0 spiro atoms. The molecule has 0 amide bonds. The molecule has 1 nitrogen and oxygen atoms in total. The predicted octanol–water partition coefficient (Wildman–Crippen LogP) is 2.43. The number of rotatable bonds is 4. The van der Waals surface area contributed by atoms with E-state index in [2.05, 4.69) is 22.1 Å². The first-order valence-corrected chi connectivity index (χ1v) is 5.64. The lowest BCUT2D eigenvalue weighted by molar-refractivity contribution is 0.342. The molecule has 1 saturated carbocycles. The van der Waals surface area contributed by atoms with Crippen LogP contribution in [0.15, 0.2) is 16.8 Å². The maximum absolute atomic E-state index is 3.56. The minimum absolute atomic E-state index is 0.837. The van der Waals surface area contributed by atoms with Gasteiger partial charge in [0.25, 0.3) is 0 Å². The second kappa shape index (κ2) is 4.06. The Hall–Kier alpha value is -0.340. The highest BCUT2D eigenvalue weighted by molar-refractivity contribution is 7.07. The molecule has 1 aromatic heterocycles. The highest BCUT2D eigenvalue weighted by Crippen LogP contribution is 2.17. The third-order valence-corrected chi connectivity index (χ3v) is 3.26. The summed E-state index contributed by atoms with van der Waals surface area (Å²) < 4.78 is 0. The molecular weight excluding hydrogens is 166 g/mol. The zero-order valence-corrected chi connectivity index (χ0v) is 8.07. The van der Waals surface area contributed by atoms with E-state index in [4.69, 9.17) is 0 Å². The van der Waals surface area contributed by atoms with E-state index < -0.39 is 0 Å². The minimum Gasteiger partial charge on any atom is -0.314 e. The van der Waals surface area contributed by atoms with Crippen LogP contribution in [0.1, 0.15) is 24.8 Å². The molecule has 1 heterocycles. The first kappa shape index (κ1) is 8.27. The summed E-state index contributed by atoms with van der Waals surface area (Å²) >= 11 is 1.79. The minimum atomic E-state index is 0.837. The van der Waals surface area contributed by atoms with Crippen molar-refractivity contribution in [2.24, 2.45) is 0 Å². The van der Waals surface area contributed by atoms with Crippen LogP contribution in [-0.2, 0) is 6.42 Å². The van der Waals surface area contributed by atoms with Crippen LogP contribution in [0.5, 0.6) is 0 Å². The first-order chi connectivity index (χ1) is 5.95. The molecule has 0 unspecified atom stereocenters. The van der Waals surface area contributed by atoms with E-state index in [9.17, 15) is 0 Å². The molecule has 0 radical (unpaired) electrons. The molecule has 66 valence electrons. The Kier molecular flexibility index (Phi) is 2.79. The van der Waals surface area contributed by atoms with E-state index in [1.165, 1.54) is 31.2 Å². The van der Waals surface area contributed by atoms with Crippen LogP contribution < -0.4 is 5.32 Å². The maximum atomic E-state index is 3.56. The average molecular weight is 181 g/mol. The van der Waals surface area contributed by atoms with Gasteiger partial charge in [0.1, 0.15) is 0 Å². The van der Waals surface area contributed by atoms with E-state index in [-0.39, 0.29) is 0 Å². The van der Waals surface area contributed by atoms with Crippen molar-refractivity contribution in [1.82, 2.24) is 5.32 Å². The third-order valence-electron chi connectivity index (χ3n) is 2.53. The summed E-state index contributed by atoms with van der Waals surface area (Å²) in [5, 5.41) is 7.95. The van der Waals surface area contributed by atoms with Crippen molar-refractivity contribution in [3.05, 3.63) is 22.4 Å². The molecular formula is C10H15NS. The van der Waals surface area contributed by atoms with Gasteiger partial charge in [-0.3, -0.25) is 0 Å². The average Bonchev–Trinajstić information content (AvgIpc) is 2.46. The lowest BCUT2D eigenvalue weighted by atomic mass is 9.93. The zero-order valence-electron chi connectivity index (χ0n) is 7.25. The second-order valence-corrected chi connectivity index (χ2v) is 4.24. The van der Waals surface area contributed by atoms with Gasteiger partial charge in [0.2, 0.25) is 0 Å². The Bertz CT molecular complexity index is 214. The van der Waals surface area contributed by atoms with Crippen LogP contribution in [0, 0.1) is 0 Å². The van der Waals surface area contributed by atoms with Crippen molar-refractivity contribution in [2.45, 2.75) is 31.7 Å². The van der Waals surface area contributed by atoms with Crippen LogP contribution in [0.25, 0.3) is 0 Å². The Morgan fingerprint density at radius 1 is 1.50 bits per heavy atom. The summed E-state index contributed by atoms with van der Waals surface area (Å²) in [5.74, 6) is 0. The lowest BCUT2D eigenvalue weighted by Crippen LogP contribution is -2.36. The van der Waals surface area contributed by atoms with E-state index >= 15 is 0 Å². The normalized spacial score (nSPS) is 17.7. The van der Waals surface area contributed by atoms with Gasteiger partial charge >= 0.3 is 0 Å². The second-order valence-electron chi connectivity index (χ2n) is 3.46. The van der Waals surface area contributed by atoms with Crippen molar-refractivity contribution in [1.29, 1.82) is 0 Å². The lowest BCUT2D eigenvalue weighted by Gasteiger charge is -2.26. The van der Waals surface area contributed by atoms with Crippen LogP contribution in [-0.4, -0.2) is 12.6 Å². The maximum Gasteiger partial charge on any atom is 0.00672 e. The quantitative estimate of drug-likeness (QED) is 0.752. The summed E-state index contributed by atoms with van der Waals surface area (Å²) in [4.78, 5) is 0. The number of hydrogen-bond donors (Lipinski definition) is 1. The van der Waals surface area contributed by atoms with Gasteiger partial charge in [0.15, 0.2) is 0 Å². The van der Waals surface area contributed by atoms with Crippen LogP contribution in [0.4, 0.5) is 0 Å². The van der Waals surface area contributed by atoms with Gasteiger partial charge < -0.3 is 5.32 Å². The van der Waals surface area contributed by atoms with E-state index in [0.717, 1.165) is 12.6 Å². The first-order valence-electron chi connectivity index (χ1n) is 4.69. The molecule has 1 aromatic rings. The van der Waals surface area contributed by atoms with Crippen molar-refractivity contribution >= 4 is 11.3 Å². The Balaban J connectivity index is 1.62. The summed E-state index contributed by atoms with van der Waals surface area (Å²) in [7, 11) is 0. The smallest absolute Gasteiger partial charge is 0.00672 e. The molecule has 0 atom stereocenters. The summed E-state index contributed by atoms with van der Waals surface area (Å²) in [6.07, 6.45) is 5.41. The fourth-order valence-electron chi connectivity index (χ4n) is 1.47. The molecule has 2 rings (SSSR count). The number of nitrogens with one attached hydrogen (secondary N) is 1. The molecule has 2 heteroatoms. The van der Waals surface area contributed by atoms with Gasteiger partial charge in [0.05, 0.1) is 0 Å². The molecule has 0 aliphatic heterocycles. The molecule has 1 fully saturated rings. The third kappa shape index (κ3) is 2.08. The SMILES string of the molecule is c1cc(CCNC2CCC2)cs1. The number of hydrogen-bond acceptors (Lipinski definition) is 2. The monoisotopic (exact) mass is 181 g/mol. The molecule has 1 N–H and O–H groups in total. The molecule has 0 bridgehead atoms. The van der Waals surface area contributed by atoms with Gasteiger partial charge in [-0.1, -0.05) is 6.42 Å². The van der Waals surface area contributed by atoms with Gasteiger partial charge in [0, 0.05) is 6.04 Å². The summed E-state index contributed by atoms with van der Waals surface area (Å²) in [5.41, 5.74) is 1.48. The molecule has 0 saturated heterocycles. The van der Waals surface area contributed by atoms with Crippen molar-refractivity contribution in [3.8, 4) is 0 Å². The largest absolute Gasteiger partial charge is 0.314 e. The van der Waals surface area contributed by atoms with E-state index in [1.54, 1.807) is 11.3 Å². The standard InChI is InChI=1S/C10H15NS/c1-2-10(3-1)11-6-4-9-5-7-12-8-9/h5,7-8,10-11H,1-4,6H2. The molecule has 1 aliphatic carbocycles. The Morgan fingerprint density at radius 3 is 3.00 bits per heavy atom. The van der Waals surface area contributed by atoms with Gasteiger partial charge in [-0.25, -0.2) is 0 Å². The fourth-order valence-corrected chi connectivity index (χ4v) is 2.17. The van der Waals surface area contributed by atoms with Gasteiger partial charge in [-0.05, 0) is 48.2 Å². The topological polar surface area (TPSA) is 12.0 Å². The van der Waals surface area contributed by atoms with Crippen molar-refractivity contribution in [2.75, 3.05) is 6.54 Å². The molecule has 1 aliphatic rings. The highest BCUT2D eigenvalue weighted by Gasteiger charge is 2.15. The Morgan fingerprint density at radius 2 is 2.42 bits per heavy atom. The highest BCUT2D eigenvalue weighted by atomic mass is 32.1. The van der Waals surface area contributed by atoms with Crippen LogP contribution in [0.3, 0.4) is 0 Å². The number of thiophene rings is 1. The van der Waals surface area contributed by atoms with E-state index in [1.807, 2.05) is 0 Å². The van der Waals surface area contributed by atoms with E-state index in [0.29, 0.717) is 0 Å². The molecule has 12 heavy (non-hydrogen) atoms. The van der Waals surface area contributed by atoms with Gasteiger partial charge in [-0.2, -0.15) is 11.3 Å². The van der Waals surface area contributed by atoms with Crippen LogP contribution >= 0.6 is 11.3 Å². The predicted molar refractivity (Wildman–Crippen MR) is 53.7 cm³/mol. The van der Waals surface area contributed by atoms with Crippen molar-refractivity contribution in [3.63, 3.8) is 0 Å². The zero-order chi connectivity index (χ0) is 8.23. The summed E-state index contributed by atoms with van der Waals surface area (Å²) in [6.45, 7) is 1.15. The van der Waals surface area contributed by atoms with Crippen molar-refractivity contribution < 1.29 is 0 Å². The molecule has 0 aromatic carbocycles. The Labute approximate surface area is 77.8 Å². The fraction of sp³-hybridized carbons (Fsp3) is 0.600. The van der Waals surface area contributed by atoms with Crippen LogP contribution in [0.2, 0.25) is 0 Å². The van der Waals surface area contributed by atoms with Gasteiger partial charge in [-0.15, -0.1) is 0 Å².